The maximum atomic E-state index is 9.49. The normalized spacial score (nSPS) is 40.7. The van der Waals surface area contributed by atoms with E-state index in [1.807, 2.05) is 6.07 Å². The van der Waals surface area contributed by atoms with Gasteiger partial charge in [-0.15, -0.1) is 0 Å². The topological polar surface area (TPSA) is 44.0 Å². The van der Waals surface area contributed by atoms with E-state index in [2.05, 4.69) is 6.92 Å². The molecular weight excluding hydrogens is 126 g/mol. The van der Waals surface area contributed by atoms with Crippen molar-refractivity contribution in [1.29, 1.82) is 5.26 Å². The first-order chi connectivity index (χ1) is 4.66. The molecule has 0 aromatic heterocycles. The van der Waals surface area contributed by atoms with Crippen LogP contribution in [0, 0.1) is 17.2 Å². The van der Waals surface area contributed by atoms with Crippen LogP contribution < -0.4 is 0 Å². The fourth-order valence-corrected chi connectivity index (χ4v) is 1.63. The highest BCUT2D eigenvalue weighted by atomic mass is 16.3. The maximum absolute atomic E-state index is 9.49. The van der Waals surface area contributed by atoms with Gasteiger partial charge in [0.25, 0.3) is 0 Å². The maximum Gasteiger partial charge on any atom is 0.151 e. The second kappa shape index (κ2) is 2.59. The van der Waals surface area contributed by atoms with E-state index < -0.39 is 5.60 Å². The van der Waals surface area contributed by atoms with Gasteiger partial charge in [-0.1, -0.05) is 13.3 Å². The molecule has 0 saturated heterocycles. The van der Waals surface area contributed by atoms with Crippen molar-refractivity contribution in [3.05, 3.63) is 0 Å². The zero-order valence-corrected chi connectivity index (χ0v) is 6.30. The summed E-state index contributed by atoms with van der Waals surface area (Å²) in [4.78, 5) is 0. The molecule has 1 aliphatic rings. The van der Waals surface area contributed by atoms with E-state index in [0.29, 0.717) is 18.8 Å². The molecule has 0 aromatic carbocycles. The fourth-order valence-electron chi connectivity index (χ4n) is 1.63. The molecular formula is C8H13NO. The molecule has 0 amide bonds. The summed E-state index contributed by atoms with van der Waals surface area (Å²) in [5.74, 6) is 0.512. The van der Waals surface area contributed by atoms with Crippen molar-refractivity contribution in [3.63, 3.8) is 0 Å². The van der Waals surface area contributed by atoms with Crippen molar-refractivity contribution >= 4 is 0 Å². The lowest BCUT2D eigenvalue weighted by atomic mass is 9.80. The number of nitriles is 1. The van der Waals surface area contributed by atoms with Crippen LogP contribution in [0.4, 0.5) is 0 Å². The lowest BCUT2D eigenvalue weighted by Crippen LogP contribution is -2.32. The second-order valence-corrected chi connectivity index (χ2v) is 3.34. The Balaban J connectivity index is 2.56. The van der Waals surface area contributed by atoms with E-state index in [4.69, 9.17) is 5.26 Å². The monoisotopic (exact) mass is 139 g/mol. The van der Waals surface area contributed by atoms with E-state index in [-0.39, 0.29) is 0 Å². The highest BCUT2D eigenvalue weighted by Gasteiger charge is 2.31. The van der Waals surface area contributed by atoms with Crippen molar-refractivity contribution < 1.29 is 5.11 Å². The highest BCUT2D eigenvalue weighted by molar-refractivity contribution is 5.02. The third kappa shape index (κ3) is 1.48. The van der Waals surface area contributed by atoms with Crippen molar-refractivity contribution in [1.82, 2.24) is 0 Å². The van der Waals surface area contributed by atoms with Crippen LogP contribution in [0.2, 0.25) is 0 Å². The average Bonchev–Trinajstić information content (AvgIpc) is 1.88. The lowest BCUT2D eigenvalue weighted by Gasteiger charge is -2.29. The minimum Gasteiger partial charge on any atom is -0.375 e. The predicted octanol–water partition coefficient (Wildman–Crippen LogP) is 1.45. The Labute approximate surface area is 61.5 Å². The Hall–Kier alpha value is -0.550. The molecule has 0 aromatic rings. The third-order valence-electron chi connectivity index (χ3n) is 2.18. The first kappa shape index (κ1) is 7.56. The molecule has 1 fully saturated rings. The van der Waals surface area contributed by atoms with Gasteiger partial charge >= 0.3 is 0 Å². The Morgan fingerprint density at radius 3 is 2.80 bits per heavy atom. The van der Waals surface area contributed by atoms with Crippen LogP contribution in [0.5, 0.6) is 0 Å². The highest BCUT2D eigenvalue weighted by Crippen LogP contribution is 2.31. The van der Waals surface area contributed by atoms with Crippen molar-refractivity contribution in [2.45, 2.75) is 38.2 Å². The van der Waals surface area contributed by atoms with Gasteiger partial charge < -0.3 is 5.11 Å². The molecule has 0 heterocycles. The van der Waals surface area contributed by atoms with Gasteiger partial charge in [-0.25, -0.2) is 0 Å². The summed E-state index contributed by atoms with van der Waals surface area (Å²) in [5, 5.41) is 18.1. The van der Waals surface area contributed by atoms with Gasteiger partial charge in [0.2, 0.25) is 0 Å². The number of hydrogen-bond acceptors (Lipinski definition) is 2. The number of nitrogens with zero attached hydrogens (tertiary/aromatic N) is 1. The first-order valence-corrected chi connectivity index (χ1v) is 3.80. The van der Waals surface area contributed by atoms with Crippen LogP contribution in [0.1, 0.15) is 32.6 Å². The Kier molecular flexibility index (Phi) is 1.96. The van der Waals surface area contributed by atoms with Crippen molar-refractivity contribution in [2.75, 3.05) is 0 Å². The smallest absolute Gasteiger partial charge is 0.151 e. The summed E-state index contributed by atoms with van der Waals surface area (Å²) >= 11 is 0. The molecule has 1 N–H and O–H groups in total. The Morgan fingerprint density at radius 2 is 2.40 bits per heavy atom. The van der Waals surface area contributed by atoms with Gasteiger partial charge in [0.15, 0.2) is 5.60 Å². The van der Waals surface area contributed by atoms with Crippen LogP contribution in [0.3, 0.4) is 0 Å². The molecule has 1 aliphatic carbocycles. The summed E-state index contributed by atoms with van der Waals surface area (Å²) < 4.78 is 0. The van der Waals surface area contributed by atoms with Crippen LogP contribution in [-0.2, 0) is 0 Å². The van der Waals surface area contributed by atoms with Crippen LogP contribution in [-0.4, -0.2) is 10.7 Å². The SMILES string of the molecule is CC1CCCC(O)(C#N)C1. The summed E-state index contributed by atoms with van der Waals surface area (Å²) in [7, 11) is 0. The average molecular weight is 139 g/mol. The third-order valence-corrected chi connectivity index (χ3v) is 2.18. The molecule has 1 saturated carbocycles. The first-order valence-electron chi connectivity index (χ1n) is 3.80. The molecule has 2 heteroatoms. The molecule has 0 bridgehead atoms. The van der Waals surface area contributed by atoms with Gasteiger partial charge in [0.1, 0.15) is 0 Å². The quantitative estimate of drug-likeness (QED) is 0.516. The number of hydrogen-bond donors (Lipinski definition) is 1. The number of aliphatic hydroxyl groups is 1. The van der Waals surface area contributed by atoms with E-state index >= 15 is 0 Å². The summed E-state index contributed by atoms with van der Waals surface area (Å²) in [6.45, 7) is 2.08. The van der Waals surface area contributed by atoms with Crippen LogP contribution >= 0.6 is 0 Å². The lowest BCUT2D eigenvalue weighted by molar-refractivity contribution is 0.0390. The predicted molar refractivity (Wildman–Crippen MR) is 38.2 cm³/mol. The van der Waals surface area contributed by atoms with Gasteiger partial charge in [0.05, 0.1) is 6.07 Å². The zero-order chi connectivity index (χ0) is 7.61. The van der Waals surface area contributed by atoms with Gasteiger partial charge in [-0.3, -0.25) is 0 Å². The largest absolute Gasteiger partial charge is 0.375 e. The fraction of sp³-hybridized carbons (Fsp3) is 0.875. The van der Waals surface area contributed by atoms with Crippen molar-refractivity contribution in [2.24, 2.45) is 5.92 Å². The van der Waals surface area contributed by atoms with E-state index in [1.54, 1.807) is 0 Å². The number of rotatable bonds is 0. The molecule has 2 unspecified atom stereocenters. The standard InChI is InChI=1S/C8H13NO/c1-7-3-2-4-8(10,5-7)6-9/h7,10H,2-5H2,1H3. The van der Waals surface area contributed by atoms with Crippen LogP contribution in [0.25, 0.3) is 0 Å². The molecule has 10 heavy (non-hydrogen) atoms. The molecule has 0 spiro atoms. The molecule has 2 atom stereocenters. The van der Waals surface area contributed by atoms with E-state index in [1.165, 1.54) is 0 Å². The Morgan fingerprint density at radius 1 is 1.70 bits per heavy atom. The summed E-state index contributed by atoms with van der Waals surface area (Å²) in [6, 6.07) is 1.97. The Bertz CT molecular complexity index is 161. The molecule has 2 nitrogen and oxygen atoms in total. The minimum absolute atomic E-state index is 0.512. The van der Waals surface area contributed by atoms with Crippen molar-refractivity contribution in [3.8, 4) is 6.07 Å². The van der Waals surface area contributed by atoms with E-state index in [9.17, 15) is 5.11 Å². The van der Waals surface area contributed by atoms with Gasteiger partial charge in [-0.2, -0.15) is 5.26 Å². The van der Waals surface area contributed by atoms with Crippen LogP contribution in [0.15, 0.2) is 0 Å². The zero-order valence-electron chi connectivity index (χ0n) is 6.30. The van der Waals surface area contributed by atoms with Gasteiger partial charge in [0, 0.05) is 0 Å². The second-order valence-electron chi connectivity index (χ2n) is 3.34. The van der Waals surface area contributed by atoms with E-state index in [0.717, 1.165) is 12.8 Å². The summed E-state index contributed by atoms with van der Waals surface area (Å²) in [6.07, 6.45) is 3.46. The minimum atomic E-state index is -1.00. The van der Waals surface area contributed by atoms with Gasteiger partial charge in [-0.05, 0) is 25.2 Å². The summed E-state index contributed by atoms with van der Waals surface area (Å²) in [5.41, 5.74) is -1.00. The molecule has 0 aliphatic heterocycles. The molecule has 1 rings (SSSR count). The molecule has 56 valence electrons. The molecule has 0 radical (unpaired) electrons.